The average molecular weight is 134 g/mol. The van der Waals surface area contributed by atoms with Gasteiger partial charge in [-0.05, 0) is 36.8 Å². The van der Waals surface area contributed by atoms with Crippen molar-refractivity contribution in [2.75, 3.05) is 0 Å². The van der Waals surface area contributed by atoms with Crippen LogP contribution in [0.15, 0.2) is 36.5 Å². The Labute approximate surface area is 62.9 Å². The quantitative estimate of drug-likeness (QED) is 0.509. The van der Waals surface area contributed by atoms with Gasteiger partial charge in [-0.1, -0.05) is 25.3 Å². The standard InChI is InChI=1S/C10H14/c1-3-9(2)10-7-5-4-6-8-10/h3,7H,1-2,4-6,8H2. The highest BCUT2D eigenvalue weighted by Gasteiger charge is 2.03. The second-order valence-corrected chi connectivity index (χ2v) is 2.70. The molecule has 10 heavy (non-hydrogen) atoms. The van der Waals surface area contributed by atoms with Gasteiger partial charge in [-0.25, -0.2) is 0 Å². The summed E-state index contributed by atoms with van der Waals surface area (Å²) in [5.74, 6) is 0. The molecule has 0 N–H and O–H groups in total. The van der Waals surface area contributed by atoms with Gasteiger partial charge in [-0.15, -0.1) is 0 Å². The Kier molecular flexibility index (Phi) is 2.49. The largest absolute Gasteiger partial charge is 0.0985 e. The number of rotatable bonds is 2. The van der Waals surface area contributed by atoms with Crippen LogP contribution in [0.25, 0.3) is 0 Å². The summed E-state index contributed by atoms with van der Waals surface area (Å²) in [7, 11) is 0. The van der Waals surface area contributed by atoms with Crippen LogP contribution in [0.2, 0.25) is 0 Å². The fraction of sp³-hybridized carbons (Fsp3) is 0.400. The number of hydrogen-bond acceptors (Lipinski definition) is 0. The van der Waals surface area contributed by atoms with Crippen LogP contribution in [0.4, 0.5) is 0 Å². The lowest BCUT2D eigenvalue weighted by Crippen LogP contribution is -1.92. The maximum atomic E-state index is 3.91. The SMILES string of the molecule is C=CC(=C)C1=CCCCC1. The molecule has 0 nitrogen and oxygen atoms in total. The Morgan fingerprint density at radius 3 is 2.80 bits per heavy atom. The molecule has 0 aliphatic heterocycles. The van der Waals surface area contributed by atoms with Crippen molar-refractivity contribution in [1.29, 1.82) is 0 Å². The summed E-state index contributed by atoms with van der Waals surface area (Å²) in [6.45, 7) is 7.61. The van der Waals surface area contributed by atoms with Crippen LogP contribution >= 0.6 is 0 Å². The molecule has 0 aromatic rings. The summed E-state index contributed by atoms with van der Waals surface area (Å²) in [6.07, 6.45) is 9.21. The second-order valence-electron chi connectivity index (χ2n) is 2.70. The number of allylic oxidation sites excluding steroid dienone is 4. The molecule has 0 amide bonds. The Hall–Kier alpha value is -0.780. The monoisotopic (exact) mass is 134 g/mol. The molecule has 54 valence electrons. The third-order valence-electron chi connectivity index (χ3n) is 1.95. The Bertz CT molecular complexity index is 172. The molecule has 0 aromatic heterocycles. The van der Waals surface area contributed by atoms with Gasteiger partial charge in [0.1, 0.15) is 0 Å². The maximum Gasteiger partial charge on any atom is -0.0276 e. The first-order chi connectivity index (χ1) is 4.84. The summed E-state index contributed by atoms with van der Waals surface area (Å²) < 4.78 is 0. The van der Waals surface area contributed by atoms with E-state index in [0.29, 0.717) is 0 Å². The highest BCUT2D eigenvalue weighted by molar-refractivity contribution is 5.36. The van der Waals surface area contributed by atoms with E-state index in [1.54, 1.807) is 0 Å². The van der Waals surface area contributed by atoms with E-state index in [2.05, 4.69) is 19.2 Å². The van der Waals surface area contributed by atoms with E-state index in [1.807, 2.05) is 6.08 Å². The number of hydrogen-bond donors (Lipinski definition) is 0. The molecule has 0 fully saturated rings. The molecular formula is C10H14. The van der Waals surface area contributed by atoms with Crippen LogP contribution in [0, 0.1) is 0 Å². The first-order valence-electron chi connectivity index (χ1n) is 3.85. The van der Waals surface area contributed by atoms with E-state index in [4.69, 9.17) is 0 Å². The topological polar surface area (TPSA) is 0 Å². The van der Waals surface area contributed by atoms with Crippen molar-refractivity contribution >= 4 is 0 Å². The van der Waals surface area contributed by atoms with Gasteiger partial charge < -0.3 is 0 Å². The molecule has 0 bridgehead atoms. The van der Waals surface area contributed by atoms with Crippen molar-refractivity contribution in [2.24, 2.45) is 0 Å². The molecule has 0 aromatic carbocycles. The van der Waals surface area contributed by atoms with Crippen LogP contribution in [0.5, 0.6) is 0 Å². The smallest absolute Gasteiger partial charge is 0.0276 e. The van der Waals surface area contributed by atoms with Gasteiger partial charge in [0.15, 0.2) is 0 Å². The zero-order chi connectivity index (χ0) is 7.40. The zero-order valence-corrected chi connectivity index (χ0v) is 6.40. The minimum Gasteiger partial charge on any atom is -0.0985 e. The molecule has 1 rings (SSSR count). The minimum atomic E-state index is 1.11. The highest BCUT2D eigenvalue weighted by atomic mass is 14.1. The Morgan fingerprint density at radius 1 is 1.50 bits per heavy atom. The molecule has 0 atom stereocenters. The maximum absolute atomic E-state index is 3.91. The first kappa shape index (κ1) is 7.33. The molecule has 0 heteroatoms. The summed E-state index contributed by atoms with van der Waals surface area (Å²) in [4.78, 5) is 0. The van der Waals surface area contributed by atoms with Gasteiger partial charge in [-0.3, -0.25) is 0 Å². The van der Waals surface area contributed by atoms with E-state index in [0.717, 1.165) is 5.57 Å². The second kappa shape index (κ2) is 3.40. The van der Waals surface area contributed by atoms with Gasteiger partial charge in [-0.2, -0.15) is 0 Å². The molecule has 0 heterocycles. The summed E-state index contributed by atoms with van der Waals surface area (Å²) in [6, 6.07) is 0. The molecule has 0 saturated heterocycles. The van der Waals surface area contributed by atoms with Crippen LogP contribution in [0.1, 0.15) is 25.7 Å². The van der Waals surface area contributed by atoms with Crippen molar-refractivity contribution < 1.29 is 0 Å². The molecule has 0 saturated carbocycles. The Morgan fingerprint density at radius 2 is 2.30 bits per heavy atom. The third-order valence-corrected chi connectivity index (χ3v) is 1.95. The van der Waals surface area contributed by atoms with Crippen molar-refractivity contribution in [2.45, 2.75) is 25.7 Å². The van der Waals surface area contributed by atoms with Gasteiger partial charge >= 0.3 is 0 Å². The van der Waals surface area contributed by atoms with E-state index < -0.39 is 0 Å². The fourth-order valence-electron chi connectivity index (χ4n) is 1.26. The zero-order valence-electron chi connectivity index (χ0n) is 6.40. The van der Waals surface area contributed by atoms with E-state index in [9.17, 15) is 0 Å². The van der Waals surface area contributed by atoms with Crippen molar-refractivity contribution in [3.05, 3.63) is 36.5 Å². The lowest BCUT2D eigenvalue weighted by Gasteiger charge is -2.11. The fourth-order valence-corrected chi connectivity index (χ4v) is 1.26. The molecule has 1 aliphatic carbocycles. The van der Waals surface area contributed by atoms with Crippen LogP contribution in [-0.4, -0.2) is 0 Å². The molecule has 0 unspecified atom stereocenters. The van der Waals surface area contributed by atoms with Crippen molar-refractivity contribution in [3.8, 4) is 0 Å². The van der Waals surface area contributed by atoms with Crippen molar-refractivity contribution in [1.82, 2.24) is 0 Å². The van der Waals surface area contributed by atoms with Gasteiger partial charge in [0.2, 0.25) is 0 Å². The molecule has 1 aliphatic rings. The minimum absolute atomic E-state index is 1.11. The van der Waals surface area contributed by atoms with E-state index >= 15 is 0 Å². The van der Waals surface area contributed by atoms with Crippen molar-refractivity contribution in [3.63, 3.8) is 0 Å². The van der Waals surface area contributed by atoms with Gasteiger partial charge in [0, 0.05) is 0 Å². The first-order valence-corrected chi connectivity index (χ1v) is 3.85. The lowest BCUT2D eigenvalue weighted by molar-refractivity contribution is 0.708. The summed E-state index contributed by atoms with van der Waals surface area (Å²) >= 11 is 0. The molecule has 0 spiro atoms. The predicted octanol–water partition coefficient (Wildman–Crippen LogP) is 3.23. The van der Waals surface area contributed by atoms with Crippen LogP contribution < -0.4 is 0 Å². The summed E-state index contributed by atoms with van der Waals surface area (Å²) in [5, 5.41) is 0. The normalized spacial score (nSPS) is 17.8. The molecular weight excluding hydrogens is 120 g/mol. The summed E-state index contributed by atoms with van der Waals surface area (Å²) in [5.41, 5.74) is 2.51. The van der Waals surface area contributed by atoms with Gasteiger partial charge in [0.25, 0.3) is 0 Å². The average Bonchev–Trinajstić information content (AvgIpc) is 2.05. The molecule has 0 radical (unpaired) electrons. The van der Waals surface area contributed by atoms with Crippen LogP contribution in [-0.2, 0) is 0 Å². The van der Waals surface area contributed by atoms with E-state index in [-0.39, 0.29) is 0 Å². The predicted molar refractivity (Wildman–Crippen MR) is 45.9 cm³/mol. The Balaban J connectivity index is 2.61. The van der Waals surface area contributed by atoms with E-state index in [1.165, 1.54) is 31.3 Å². The highest BCUT2D eigenvalue weighted by Crippen LogP contribution is 2.22. The lowest BCUT2D eigenvalue weighted by atomic mass is 9.94. The van der Waals surface area contributed by atoms with Gasteiger partial charge in [0.05, 0.1) is 0 Å². The van der Waals surface area contributed by atoms with Crippen LogP contribution in [0.3, 0.4) is 0 Å². The third kappa shape index (κ3) is 1.60.